The molecule has 34 heavy (non-hydrogen) atoms. The molecule has 11 heteroatoms. The van der Waals surface area contributed by atoms with Crippen molar-refractivity contribution in [2.24, 2.45) is 0 Å². The lowest BCUT2D eigenvalue weighted by Crippen LogP contribution is -2.47. The van der Waals surface area contributed by atoms with E-state index in [9.17, 15) is 13.9 Å². The van der Waals surface area contributed by atoms with Gasteiger partial charge < -0.3 is 14.4 Å². The monoisotopic (exact) mass is 467 g/mol. The summed E-state index contributed by atoms with van der Waals surface area (Å²) in [4.78, 5) is 10.0. The van der Waals surface area contributed by atoms with Gasteiger partial charge in [0.25, 0.3) is 0 Å². The maximum absolute atomic E-state index is 14.7. The first-order valence-electron chi connectivity index (χ1n) is 11.0. The second-order valence-electron chi connectivity index (χ2n) is 8.49. The van der Waals surface area contributed by atoms with Gasteiger partial charge in [-0.1, -0.05) is 6.07 Å². The third-order valence-electron chi connectivity index (χ3n) is 6.09. The topological polar surface area (TPSA) is 106 Å². The van der Waals surface area contributed by atoms with E-state index in [1.165, 1.54) is 23.4 Å². The Bertz CT molecular complexity index is 1230. The fourth-order valence-corrected chi connectivity index (χ4v) is 4.38. The molecule has 9 nitrogen and oxygen atoms in total. The van der Waals surface area contributed by atoms with Gasteiger partial charge in [0.15, 0.2) is 0 Å². The minimum absolute atomic E-state index is 0.0181. The number of aromatic nitrogens is 6. The second kappa shape index (κ2) is 9.35. The van der Waals surface area contributed by atoms with Crippen molar-refractivity contribution in [1.82, 2.24) is 34.8 Å². The van der Waals surface area contributed by atoms with Crippen LogP contribution in [-0.4, -0.2) is 59.6 Å². The first kappa shape index (κ1) is 22.2. The molecule has 0 aliphatic carbocycles. The Morgan fingerprint density at radius 1 is 1.09 bits per heavy atom. The smallest absolute Gasteiger partial charge is 0.249 e. The van der Waals surface area contributed by atoms with Gasteiger partial charge in [-0.25, -0.2) is 18.4 Å². The predicted molar refractivity (Wildman–Crippen MR) is 116 cm³/mol. The molecular weight excluding hydrogens is 444 g/mol. The molecule has 1 fully saturated rings. The van der Waals surface area contributed by atoms with Gasteiger partial charge in [0.1, 0.15) is 29.9 Å². The van der Waals surface area contributed by atoms with E-state index in [4.69, 9.17) is 4.42 Å². The van der Waals surface area contributed by atoms with Gasteiger partial charge in [-0.3, -0.25) is 4.98 Å². The van der Waals surface area contributed by atoms with Gasteiger partial charge in [0, 0.05) is 36.5 Å². The van der Waals surface area contributed by atoms with E-state index in [1.807, 2.05) is 12.1 Å². The summed E-state index contributed by atoms with van der Waals surface area (Å²) in [5, 5.41) is 24.0. The number of benzene rings is 1. The normalized spacial score (nSPS) is 17.0. The number of likely N-dealkylation sites (tertiary alicyclic amines) is 1. The van der Waals surface area contributed by atoms with Crippen LogP contribution in [0.3, 0.4) is 0 Å². The lowest BCUT2D eigenvalue weighted by molar-refractivity contribution is -0.0270. The van der Waals surface area contributed by atoms with Crippen LogP contribution in [0.2, 0.25) is 0 Å². The molecule has 4 heterocycles. The number of nitrogens with zero attached hydrogens (tertiary/aromatic N) is 7. The summed E-state index contributed by atoms with van der Waals surface area (Å²) in [7, 11) is 0. The van der Waals surface area contributed by atoms with Crippen molar-refractivity contribution >= 4 is 0 Å². The average molecular weight is 467 g/mol. The molecule has 3 aromatic heterocycles. The van der Waals surface area contributed by atoms with Crippen molar-refractivity contribution < 1.29 is 18.3 Å². The Balaban J connectivity index is 1.29. The fourth-order valence-electron chi connectivity index (χ4n) is 4.38. The van der Waals surface area contributed by atoms with Gasteiger partial charge in [0.05, 0.1) is 12.1 Å². The summed E-state index contributed by atoms with van der Waals surface area (Å²) in [6.07, 6.45) is 7.62. The zero-order valence-electron chi connectivity index (χ0n) is 18.3. The number of halogens is 2. The molecule has 0 saturated carbocycles. The van der Waals surface area contributed by atoms with Crippen LogP contribution in [0.25, 0.3) is 11.5 Å². The molecule has 0 radical (unpaired) electrons. The number of hydrogen-bond acceptors (Lipinski definition) is 8. The van der Waals surface area contributed by atoms with Gasteiger partial charge >= 0.3 is 0 Å². The number of β-amino-alcohol motifs (C(OH)–C–C–N with tert-alkyl or cyclic N) is 1. The maximum Gasteiger partial charge on any atom is 0.249 e. The number of pyridine rings is 1. The van der Waals surface area contributed by atoms with Crippen molar-refractivity contribution in [2.75, 3.05) is 19.6 Å². The molecule has 5 rings (SSSR count). The van der Waals surface area contributed by atoms with Gasteiger partial charge in [0.2, 0.25) is 11.8 Å². The standard InChI is InChI=1S/C23H23F2N7O2/c24-18-3-4-19(20(25)10-18)23(33,13-32-15-27-14-28-32)12-31-8-5-16(6-9-31)21-29-30-22(34-21)17-2-1-7-26-11-17/h1-4,7,10-11,14-16,33H,5-6,8-9,12-13H2. The summed E-state index contributed by atoms with van der Waals surface area (Å²) >= 11 is 0. The zero-order valence-corrected chi connectivity index (χ0v) is 18.3. The van der Waals surface area contributed by atoms with E-state index in [0.717, 1.165) is 30.5 Å². The highest BCUT2D eigenvalue weighted by Crippen LogP contribution is 2.32. The summed E-state index contributed by atoms with van der Waals surface area (Å²) < 4.78 is 35.5. The molecule has 176 valence electrons. The van der Waals surface area contributed by atoms with Crippen LogP contribution in [0, 0.1) is 11.6 Å². The number of rotatable bonds is 7. The highest BCUT2D eigenvalue weighted by atomic mass is 19.1. The Labute approximate surface area is 194 Å². The Morgan fingerprint density at radius 2 is 1.94 bits per heavy atom. The van der Waals surface area contributed by atoms with Crippen molar-refractivity contribution in [3.63, 3.8) is 0 Å². The summed E-state index contributed by atoms with van der Waals surface area (Å²) in [5.41, 5.74) is -0.848. The molecule has 1 atom stereocenters. The van der Waals surface area contributed by atoms with Crippen LogP contribution in [0.5, 0.6) is 0 Å². The molecule has 1 saturated heterocycles. The Morgan fingerprint density at radius 3 is 2.65 bits per heavy atom. The molecule has 1 aliphatic heterocycles. The predicted octanol–water partition coefficient (Wildman–Crippen LogP) is 2.77. The molecule has 4 aromatic rings. The number of piperidine rings is 1. The van der Waals surface area contributed by atoms with E-state index in [2.05, 4.69) is 30.2 Å². The first-order chi connectivity index (χ1) is 16.5. The van der Waals surface area contributed by atoms with Crippen molar-refractivity contribution in [3.05, 3.63) is 78.5 Å². The van der Waals surface area contributed by atoms with Crippen molar-refractivity contribution in [1.29, 1.82) is 0 Å². The first-order valence-corrected chi connectivity index (χ1v) is 11.0. The average Bonchev–Trinajstić information content (AvgIpc) is 3.52. The van der Waals surface area contributed by atoms with Crippen LogP contribution in [0.1, 0.15) is 30.2 Å². The minimum atomic E-state index is -1.63. The lowest BCUT2D eigenvalue weighted by Gasteiger charge is -2.37. The molecule has 0 bridgehead atoms. The number of aliphatic hydroxyl groups is 1. The zero-order chi connectivity index (χ0) is 23.5. The fraction of sp³-hybridized carbons (Fsp3) is 0.348. The summed E-state index contributed by atoms with van der Waals surface area (Å²) in [5.74, 6) is -0.415. The maximum atomic E-state index is 14.7. The summed E-state index contributed by atoms with van der Waals surface area (Å²) in [6, 6.07) is 6.88. The Kier molecular flexibility index (Phi) is 6.12. The summed E-state index contributed by atoms with van der Waals surface area (Å²) in [6.45, 7) is 1.40. The highest BCUT2D eigenvalue weighted by molar-refractivity contribution is 5.50. The Hall–Kier alpha value is -3.57. The lowest BCUT2D eigenvalue weighted by atomic mass is 9.90. The highest BCUT2D eigenvalue weighted by Gasteiger charge is 2.37. The molecule has 1 N–H and O–H groups in total. The van der Waals surface area contributed by atoms with E-state index < -0.39 is 17.2 Å². The van der Waals surface area contributed by atoms with Crippen LogP contribution < -0.4 is 0 Å². The van der Waals surface area contributed by atoms with Gasteiger partial charge in [-0.05, 0) is 44.1 Å². The molecular formula is C23H23F2N7O2. The van der Waals surface area contributed by atoms with E-state index in [0.29, 0.717) is 24.9 Å². The van der Waals surface area contributed by atoms with Crippen molar-refractivity contribution in [3.8, 4) is 11.5 Å². The number of hydrogen-bond donors (Lipinski definition) is 1. The van der Waals surface area contributed by atoms with Crippen molar-refractivity contribution in [2.45, 2.75) is 30.9 Å². The van der Waals surface area contributed by atoms with E-state index in [1.54, 1.807) is 12.4 Å². The molecule has 1 aliphatic rings. The van der Waals surface area contributed by atoms with Gasteiger partial charge in [-0.2, -0.15) is 5.10 Å². The van der Waals surface area contributed by atoms with E-state index in [-0.39, 0.29) is 24.6 Å². The second-order valence-corrected chi connectivity index (χ2v) is 8.49. The molecule has 0 spiro atoms. The van der Waals surface area contributed by atoms with Crippen LogP contribution in [0.4, 0.5) is 8.78 Å². The van der Waals surface area contributed by atoms with Gasteiger partial charge in [-0.15, -0.1) is 10.2 Å². The van der Waals surface area contributed by atoms with Crippen LogP contribution in [0.15, 0.2) is 59.8 Å². The molecule has 0 amide bonds. The molecule has 1 aromatic carbocycles. The SMILES string of the molecule is OC(CN1CCC(c2nnc(-c3cccnc3)o2)CC1)(Cn1cncn1)c1ccc(F)cc1F. The third-order valence-corrected chi connectivity index (χ3v) is 6.09. The molecule has 1 unspecified atom stereocenters. The van der Waals surface area contributed by atoms with E-state index >= 15 is 0 Å². The minimum Gasteiger partial charge on any atom is -0.420 e. The van der Waals surface area contributed by atoms with Crippen LogP contribution in [-0.2, 0) is 12.1 Å². The largest absolute Gasteiger partial charge is 0.420 e. The quantitative estimate of drug-likeness (QED) is 0.442. The third kappa shape index (κ3) is 4.70. The van der Waals surface area contributed by atoms with Crippen LogP contribution >= 0.6 is 0 Å².